The second kappa shape index (κ2) is 6.89. The van der Waals surface area contributed by atoms with E-state index in [0.29, 0.717) is 23.6 Å². The fourth-order valence-electron chi connectivity index (χ4n) is 1.68. The molecule has 1 atom stereocenters. The van der Waals surface area contributed by atoms with E-state index in [1.807, 2.05) is 6.92 Å². The van der Waals surface area contributed by atoms with Crippen LogP contribution in [0, 0.1) is 0 Å². The monoisotopic (exact) mass is 251 g/mol. The van der Waals surface area contributed by atoms with E-state index in [4.69, 9.17) is 15.2 Å². The van der Waals surface area contributed by atoms with E-state index in [1.165, 1.54) is 0 Å². The van der Waals surface area contributed by atoms with Crippen molar-refractivity contribution in [1.29, 1.82) is 0 Å². The number of hydrogen-bond acceptors (Lipinski definition) is 4. The van der Waals surface area contributed by atoms with Gasteiger partial charge in [-0.05, 0) is 38.5 Å². The first-order valence-electron chi connectivity index (χ1n) is 6.31. The number of carbonyl (C=O) groups excluding carboxylic acids is 1. The molecular formula is C14H21NO3. The predicted octanol–water partition coefficient (Wildman–Crippen LogP) is 3.01. The Bertz CT molecular complexity index is 404. The maximum atomic E-state index is 11.5. The molecule has 0 aliphatic carbocycles. The van der Waals surface area contributed by atoms with Crippen LogP contribution in [-0.2, 0) is 4.74 Å². The van der Waals surface area contributed by atoms with E-state index in [-0.39, 0.29) is 12.1 Å². The third kappa shape index (κ3) is 3.95. The van der Waals surface area contributed by atoms with E-state index < -0.39 is 0 Å². The van der Waals surface area contributed by atoms with Crippen molar-refractivity contribution in [3.63, 3.8) is 0 Å². The van der Waals surface area contributed by atoms with Crippen molar-refractivity contribution in [2.24, 2.45) is 0 Å². The Balaban J connectivity index is 2.76. The maximum absolute atomic E-state index is 11.5. The van der Waals surface area contributed by atoms with E-state index in [2.05, 4.69) is 6.92 Å². The van der Waals surface area contributed by atoms with Crippen LogP contribution < -0.4 is 10.5 Å². The van der Waals surface area contributed by atoms with Crippen molar-refractivity contribution in [2.45, 2.75) is 39.7 Å². The summed E-state index contributed by atoms with van der Waals surface area (Å²) in [7, 11) is 0. The average Bonchev–Trinajstić information content (AvgIpc) is 2.32. The number of rotatable bonds is 6. The number of anilines is 1. The number of esters is 1. The molecule has 2 N–H and O–H groups in total. The summed E-state index contributed by atoms with van der Waals surface area (Å²) < 4.78 is 10.6. The molecule has 0 radical (unpaired) electrons. The van der Waals surface area contributed by atoms with Crippen molar-refractivity contribution in [2.75, 3.05) is 12.3 Å². The summed E-state index contributed by atoms with van der Waals surface area (Å²) >= 11 is 0. The van der Waals surface area contributed by atoms with Crippen molar-refractivity contribution >= 4 is 11.7 Å². The first kappa shape index (κ1) is 14.4. The normalized spacial score (nSPS) is 11.9. The molecule has 18 heavy (non-hydrogen) atoms. The lowest BCUT2D eigenvalue weighted by Gasteiger charge is -2.15. The standard InChI is InChI=1S/C14H21NO3/c1-4-6-10(3)18-13-8-7-11(9-12(13)15)14(16)17-5-2/h7-10H,4-6,15H2,1-3H3. The number of nitrogens with two attached hydrogens (primary N) is 1. The van der Waals surface area contributed by atoms with E-state index in [9.17, 15) is 4.79 Å². The molecule has 0 bridgehead atoms. The molecule has 0 aromatic heterocycles. The molecule has 0 amide bonds. The second-order valence-corrected chi connectivity index (χ2v) is 4.19. The lowest BCUT2D eigenvalue weighted by Crippen LogP contribution is -2.13. The fraction of sp³-hybridized carbons (Fsp3) is 0.500. The molecule has 0 fully saturated rings. The van der Waals surface area contributed by atoms with Crippen molar-refractivity contribution in [3.8, 4) is 5.75 Å². The molecule has 1 aromatic rings. The molecule has 4 nitrogen and oxygen atoms in total. The predicted molar refractivity (Wildman–Crippen MR) is 71.8 cm³/mol. The van der Waals surface area contributed by atoms with Crippen molar-refractivity contribution < 1.29 is 14.3 Å². The molecule has 0 saturated carbocycles. The Kier molecular flexibility index (Phi) is 5.49. The summed E-state index contributed by atoms with van der Waals surface area (Å²) in [4.78, 5) is 11.5. The minimum Gasteiger partial charge on any atom is -0.489 e. The van der Waals surface area contributed by atoms with Gasteiger partial charge in [-0.15, -0.1) is 0 Å². The molecule has 1 aromatic carbocycles. The molecule has 0 heterocycles. The van der Waals surface area contributed by atoms with Crippen LogP contribution in [0.2, 0.25) is 0 Å². The highest BCUT2D eigenvalue weighted by atomic mass is 16.5. The molecule has 1 rings (SSSR count). The van der Waals surface area contributed by atoms with Crippen LogP contribution in [-0.4, -0.2) is 18.7 Å². The maximum Gasteiger partial charge on any atom is 0.338 e. The van der Waals surface area contributed by atoms with Crippen LogP contribution in [0.1, 0.15) is 44.0 Å². The number of nitrogen functional groups attached to an aromatic ring is 1. The van der Waals surface area contributed by atoms with Crippen LogP contribution in [0.4, 0.5) is 5.69 Å². The van der Waals surface area contributed by atoms with Gasteiger partial charge in [0.15, 0.2) is 0 Å². The number of benzene rings is 1. The highest BCUT2D eigenvalue weighted by Gasteiger charge is 2.11. The highest BCUT2D eigenvalue weighted by Crippen LogP contribution is 2.24. The van der Waals surface area contributed by atoms with Crippen LogP contribution in [0.15, 0.2) is 18.2 Å². The average molecular weight is 251 g/mol. The lowest BCUT2D eigenvalue weighted by atomic mass is 10.2. The van der Waals surface area contributed by atoms with E-state index in [0.717, 1.165) is 12.8 Å². The quantitative estimate of drug-likeness (QED) is 0.623. The fourth-order valence-corrected chi connectivity index (χ4v) is 1.68. The van der Waals surface area contributed by atoms with Crippen LogP contribution >= 0.6 is 0 Å². The molecular weight excluding hydrogens is 230 g/mol. The van der Waals surface area contributed by atoms with Gasteiger partial charge in [0.25, 0.3) is 0 Å². The van der Waals surface area contributed by atoms with E-state index >= 15 is 0 Å². The van der Waals surface area contributed by atoms with Gasteiger partial charge in [0, 0.05) is 0 Å². The zero-order valence-electron chi connectivity index (χ0n) is 11.2. The SMILES string of the molecule is CCCC(C)Oc1ccc(C(=O)OCC)cc1N. The van der Waals surface area contributed by atoms with Gasteiger partial charge in [-0.1, -0.05) is 13.3 Å². The first-order chi connectivity index (χ1) is 8.58. The number of carbonyl (C=O) groups is 1. The van der Waals surface area contributed by atoms with Gasteiger partial charge >= 0.3 is 5.97 Å². The molecule has 1 unspecified atom stereocenters. The number of hydrogen-bond donors (Lipinski definition) is 1. The van der Waals surface area contributed by atoms with Gasteiger partial charge in [0.2, 0.25) is 0 Å². The van der Waals surface area contributed by atoms with E-state index in [1.54, 1.807) is 25.1 Å². The number of ether oxygens (including phenoxy) is 2. The molecule has 0 aliphatic heterocycles. The Morgan fingerprint density at radius 2 is 2.11 bits per heavy atom. The topological polar surface area (TPSA) is 61.5 Å². The zero-order valence-corrected chi connectivity index (χ0v) is 11.2. The van der Waals surface area contributed by atoms with Gasteiger partial charge < -0.3 is 15.2 Å². The van der Waals surface area contributed by atoms with Crippen LogP contribution in [0.5, 0.6) is 5.75 Å². The second-order valence-electron chi connectivity index (χ2n) is 4.19. The van der Waals surface area contributed by atoms with Crippen LogP contribution in [0.25, 0.3) is 0 Å². The molecule has 100 valence electrons. The lowest BCUT2D eigenvalue weighted by molar-refractivity contribution is 0.0526. The van der Waals surface area contributed by atoms with Gasteiger partial charge in [-0.2, -0.15) is 0 Å². The third-order valence-electron chi connectivity index (χ3n) is 2.54. The van der Waals surface area contributed by atoms with Crippen molar-refractivity contribution in [1.82, 2.24) is 0 Å². The smallest absolute Gasteiger partial charge is 0.338 e. The largest absolute Gasteiger partial charge is 0.489 e. The van der Waals surface area contributed by atoms with Gasteiger partial charge in [0.1, 0.15) is 5.75 Å². The van der Waals surface area contributed by atoms with Gasteiger partial charge in [0.05, 0.1) is 24.0 Å². The summed E-state index contributed by atoms with van der Waals surface area (Å²) in [6.07, 6.45) is 2.15. The summed E-state index contributed by atoms with van der Waals surface area (Å²) in [5, 5.41) is 0. The summed E-state index contributed by atoms with van der Waals surface area (Å²) in [5.41, 5.74) is 6.78. The summed E-state index contributed by atoms with van der Waals surface area (Å²) in [6, 6.07) is 4.97. The van der Waals surface area contributed by atoms with Crippen LogP contribution in [0.3, 0.4) is 0 Å². The van der Waals surface area contributed by atoms with Gasteiger partial charge in [-0.25, -0.2) is 4.79 Å². The Labute approximate surface area is 108 Å². The first-order valence-corrected chi connectivity index (χ1v) is 6.31. The Hall–Kier alpha value is -1.71. The van der Waals surface area contributed by atoms with Gasteiger partial charge in [-0.3, -0.25) is 0 Å². The van der Waals surface area contributed by atoms with Crippen molar-refractivity contribution in [3.05, 3.63) is 23.8 Å². The molecule has 0 saturated heterocycles. The molecule has 0 spiro atoms. The molecule has 0 aliphatic rings. The zero-order chi connectivity index (χ0) is 13.5. The Morgan fingerprint density at radius 3 is 2.67 bits per heavy atom. The Morgan fingerprint density at radius 1 is 1.39 bits per heavy atom. The highest BCUT2D eigenvalue weighted by molar-refractivity contribution is 5.91. The third-order valence-corrected chi connectivity index (χ3v) is 2.54. The minimum absolute atomic E-state index is 0.116. The molecule has 4 heteroatoms. The summed E-state index contributed by atoms with van der Waals surface area (Å²) in [6.45, 7) is 6.23. The minimum atomic E-state index is -0.364. The summed E-state index contributed by atoms with van der Waals surface area (Å²) in [5.74, 6) is 0.251.